The van der Waals surface area contributed by atoms with Crippen LogP contribution in [0.1, 0.15) is 13.8 Å². The molecule has 1 saturated heterocycles. The minimum atomic E-state index is -0.859. The molecule has 0 bridgehead atoms. The van der Waals surface area contributed by atoms with Gasteiger partial charge in [-0.05, 0) is 13.8 Å². The summed E-state index contributed by atoms with van der Waals surface area (Å²) >= 11 is 0. The third kappa shape index (κ3) is 4.40. The summed E-state index contributed by atoms with van der Waals surface area (Å²) in [5.41, 5.74) is 4.90. The van der Waals surface area contributed by atoms with E-state index in [4.69, 9.17) is 10.5 Å². The average molecular weight is 272 g/mol. The van der Waals surface area contributed by atoms with Gasteiger partial charge in [-0.15, -0.1) is 0 Å². The van der Waals surface area contributed by atoms with Crippen LogP contribution in [0.15, 0.2) is 0 Å². The normalized spacial score (nSPS) is 17.7. The Kier molecular flexibility index (Phi) is 5.56. The van der Waals surface area contributed by atoms with E-state index in [0.29, 0.717) is 32.8 Å². The van der Waals surface area contributed by atoms with Crippen LogP contribution < -0.4 is 11.1 Å². The summed E-state index contributed by atoms with van der Waals surface area (Å²) in [4.78, 5) is 37.2. The number of urea groups is 1. The predicted octanol–water partition coefficient (Wildman–Crippen LogP) is -0.656. The van der Waals surface area contributed by atoms with Crippen molar-refractivity contribution in [1.29, 1.82) is 0 Å². The van der Waals surface area contributed by atoms with E-state index in [9.17, 15) is 14.4 Å². The van der Waals surface area contributed by atoms with Gasteiger partial charge in [0.25, 0.3) is 0 Å². The van der Waals surface area contributed by atoms with E-state index in [1.54, 1.807) is 18.7 Å². The fourth-order valence-electron chi connectivity index (χ4n) is 1.90. The number of carbonyl (C=O) groups is 3. The van der Waals surface area contributed by atoms with Crippen molar-refractivity contribution in [3.05, 3.63) is 0 Å². The predicted molar refractivity (Wildman–Crippen MR) is 67.4 cm³/mol. The highest BCUT2D eigenvalue weighted by molar-refractivity contribution is 5.96. The second-order valence-electron chi connectivity index (χ2n) is 4.25. The third-order valence-electron chi connectivity index (χ3n) is 3.01. The smallest absolute Gasteiger partial charge is 0.409 e. The van der Waals surface area contributed by atoms with Crippen LogP contribution >= 0.6 is 0 Å². The number of amides is 4. The van der Waals surface area contributed by atoms with E-state index >= 15 is 0 Å². The lowest BCUT2D eigenvalue weighted by Crippen LogP contribution is -2.56. The molecule has 0 aromatic carbocycles. The van der Waals surface area contributed by atoms with Crippen molar-refractivity contribution in [3.63, 3.8) is 0 Å². The molecule has 0 spiro atoms. The summed E-state index contributed by atoms with van der Waals surface area (Å²) in [6, 6.07) is -1.32. The molecule has 8 nitrogen and oxygen atoms in total. The van der Waals surface area contributed by atoms with Gasteiger partial charge in [-0.3, -0.25) is 15.0 Å². The zero-order chi connectivity index (χ0) is 14.4. The van der Waals surface area contributed by atoms with E-state index in [0.717, 1.165) is 0 Å². The topological polar surface area (TPSA) is 105 Å². The fraction of sp³-hybridized carbons (Fsp3) is 0.727. The lowest BCUT2D eigenvalue weighted by Gasteiger charge is -2.36. The van der Waals surface area contributed by atoms with Crippen molar-refractivity contribution in [2.45, 2.75) is 19.9 Å². The molecule has 0 aliphatic carbocycles. The Morgan fingerprint density at radius 2 is 1.84 bits per heavy atom. The monoisotopic (exact) mass is 272 g/mol. The summed E-state index contributed by atoms with van der Waals surface area (Å²) in [6.45, 7) is 5.87. The highest BCUT2D eigenvalue weighted by Crippen LogP contribution is 2.07. The Labute approximate surface area is 111 Å². The number of nitrogens with one attached hydrogen (secondary N) is 1. The summed E-state index contributed by atoms with van der Waals surface area (Å²) in [5.74, 6) is -0.433. The van der Waals surface area contributed by atoms with Gasteiger partial charge in [-0.2, -0.15) is 0 Å². The molecule has 1 heterocycles. The van der Waals surface area contributed by atoms with E-state index in [-0.39, 0.29) is 6.09 Å². The molecule has 1 aliphatic rings. The Morgan fingerprint density at radius 3 is 2.32 bits per heavy atom. The van der Waals surface area contributed by atoms with Gasteiger partial charge in [0, 0.05) is 26.2 Å². The molecule has 0 radical (unpaired) electrons. The first-order chi connectivity index (χ1) is 8.95. The Hall–Kier alpha value is -1.83. The largest absolute Gasteiger partial charge is 0.450 e. The van der Waals surface area contributed by atoms with Crippen LogP contribution in [0.2, 0.25) is 0 Å². The Balaban J connectivity index is 2.42. The zero-order valence-corrected chi connectivity index (χ0v) is 11.2. The van der Waals surface area contributed by atoms with Crippen molar-refractivity contribution in [2.75, 3.05) is 32.8 Å². The molecule has 0 saturated carbocycles. The summed E-state index contributed by atoms with van der Waals surface area (Å²) in [7, 11) is 0. The minimum Gasteiger partial charge on any atom is -0.450 e. The van der Waals surface area contributed by atoms with E-state index < -0.39 is 18.0 Å². The maximum Gasteiger partial charge on any atom is 0.409 e. The first kappa shape index (κ1) is 15.2. The minimum absolute atomic E-state index is 0.337. The number of hydrogen-bond acceptors (Lipinski definition) is 5. The molecule has 1 fully saturated rings. The zero-order valence-electron chi connectivity index (χ0n) is 11.2. The second kappa shape index (κ2) is 6.93. The fourth-order valence-corrected chi connectivity index (χ4v) is 1.90. The van der Waals surface area contributed by atoms with E-state index in [2.05, 4.69) is 0 Å². The Morgan fingerprint density at radius 1 is 1.26 bits per heavy atom. The quantitative estimate of drug-likeness (QED) is 0.710. The van der Waals surface area contributed by atoms with Crippen LogP contribution in [-0.2, 0) is 9.53 Å². The molecule has 1 atom stereocenters. The third-order valence-corrected chi connectivity index (χ3v) is 3.01. The van der Waals surface area contributed by atoms with Crippen LogP contribution in [0.25, 0.3) is 0 Å². The summed E-state index contributed by atoms with van der Waals surface area (Å²) < 4.78 is 4.91. The van der Waals surface area contributed by atoms with Crippen molar-refractivity contribution in [2.24, 2.45) is 5.73 Å². The van der Waals surface area contributed by atoms with Crippen molar-refractivity contribution >= 4 is 18.0 Å². The van der Waals surface area contributed by atoms with Gasteiger partial charge in [-0.25, -0.2) is 9.59 Å². The van der Waals surface area contributed by atoms with Crippen LogP contribution in [-0.4, -0.2) is 66.7 Å². The lowest BCUT2D eigenvalue weighted by molar-refractivity contribution is -0.125. The molecule has 4 amide bonds. The number of ether oxygens (including phenoxy) is 1. The molecule has 3 N–H and O–H groups in total. The van der Waals surface area contributed by atoms with E-state index in [1.165, 1.54) is 0 Å². The molecular weight excluding hydrogens is 252 g/mol. The van der Waals surface area contributed by atoms with Gasteiger partial charge in [0.15, 0.2) is 0 Å². The van der Waals surface area contributed by atoms with Gasteiger partial charge >= 0.3 is 12.1 Å². The molecule has 108 valence electrons. The first-order valence-electron chi connectivity index (χ1n) is 6.21. The van der Waals surface area contributed by atoms with Gasteiger partial charge < -0.3 is 15.4 Å². The highest BCUT2D eigenvalue weighted by Gasteiger charge is 2.28. The van der Waals surface area contributed by atoms with Crippen molar-refractivity contribution in [3.8, 4) is 0 Å². The van der Waals surface area contributed by atoms with Crippen LogP contribution in [0.3, 0.4) is 0 Å². The maximum atomic E-state index is 11.6. The summed E-state index contributed by atoms with van der Waals surface area (Å²) in [6.07, 6.45) is -0.337. The molecule has 1 aliphatic heterocycles. The first-order valence-corrected chi connectivity index (χ1v) is 6.21. The number of nitrogens with two attached hydrogens (primary N) is 1. The van der Waals surface area contributed by atoms with Gasteiger partial charge in [0.1, 0.15) is 0 Å². The number of primary amides is 1. The SMILES string of the molecule is CCOC(=O)N1CCN(C(C)C(=O)NC(N)=O)CC1. The molecular formula is C11H20N4O4. The van der Waals surface area contributed by atoms with E-state index in [1.807, 2.05) is 10.2 Å². The van der Waals surface area contributed by atoms with Gasteiger partial charge in [0.05, 0.1) is 12.6 Å². The van der Waals surface area contributed by atoms with Crippen molar-refractivity contribution in [1.82, 2.24) is 15.1 Å². The average Bonchev–Trinajstić information content (AvgIpc) is 2.37. The second-order valence-corrected chi connectivity index (χ2v) is 4.25. The molecule has 0 aromatic rings. The summed E-state index contributed by atoms with van der Waals surface area (Å²) in [5, 5.41) is 2.05. The molecule has 8 heteroatoms. The standard InChI is InChI=1S/C11H20N4O4/c1-3-19-11(18)15-6-4-14(5-7-15)8(2)9(16)13-10(12)17/h8H,3-7H2,1-2H3,(H3,12,13,16,17). The number of rotatable bonds is 3. The maximum absolute atomic E-state index is 11.6. The van der Waals surface area contributed by atoms with Gasteiger partial charge in [-0.1, -0.05) is 0 Å². The van der Waals surface area contributed by atoms with Crippen LogP contribution in [0, 0.1) is 0 Å². The Bertz CT molecular complexity index is 353. The number of nitrogens with zero attached hydrogens (tertiary/aromatic N) is 2. The number of piperazine rings is 1. The molecule has 1 unspecified atom stereocenters. The number of hydrogen-bond donors (Lipinski definition) is 2. The molecule has 0 aromatic heterocycles. The molecule has 19 heavy (non-hydrogen) atoms. The number of carbonyl (C=O) groups excluding carboxylic acids is 3. The highest BCUT2D eigenvalue weighted by atomic mass is 16.6. The van der Waals surface area contributed by atoms with Crippen LogP contribution in [0.4, 0.5) is 9.59 Å². The van der Waals surface area contributed by atoms with Crippen LogP contribution in [0.5, 0.6) is 0 Å². The molecule has 1 rings (SSSR count). The van der Waals surface area contributed by atoms with Gasteiger partial charge in [0.2, 0.25) is 5.91 Å². The number of imide groups is 1. The van der Waals surface area contributed by atoms with Crippen molar-refractivity contribution < 1.29 is 19.1 Å². The lowest BCUT2D eigenvalue weighted by atomic mass is 10.2.